The number of fused-ring (bicyclic) bond motifs is 1. The van der Waals surface area contributed by atoms with Crippen molar-refractivity contribution in [1.29, 1.82) is 0 Å². The monoisotopic (exact) mass is 593 g/mol. The lowest BCUT2D eigenvalue weighted by Crippen LogP contribution is -2.56. The van der Waals surface area contributed by atoms with E-state index in [-0.39, 0.29) is 30.4 Å². The smallest absolute Gasteiger partial charge is 0.290 e. The lowest BCUT2D eigenvalue weighted by Gasteiger charge is -2.28. The third-order valence-corrected chi connectivity index (χ3v) is 7.02. The summed E-state index contributed by atoms with van der Waals surface area (Å²) in [5, 5.41) is 12.2. The SMILES string of the molecule is CC(C)C[C@H](NC(=O)c1cc2c(Cl)cc(Cl)cc2[nH]1)C(=O)N[C@@H](C[C@@H]1CCCNC1=O)C(=O)C(=O)NC(C)(C)C. The van der Waals surface area contributed by atoms with Gasteiger partial charge in [0.15, 0.2) is 0 Å². The molecule has 1 saturated heterocycles. The van der Waals surface area contributed by atoms with E-state index in [1.54, 1.807) is 39.0 Å². The van der Waals surface area contributed by atoms with Crippen LogP contribution in [0.25, 0.3) is 10.9 Å². The van der Waals surface area contributed by atoms with Gasteiger partial charge in [-0.2, -0.15) is 0 Å². The molecule has 10 nitrogen and oxygen atoms in total. The highest BCUT2D eigenvalue weighted by Gasteiger charge is 2.36. The number of benzene rings is 1. The molecule has 0 aliphatic carbocycles. The predicted octanol–water partition coefficient (Wildman–Crippen LogP) is 3.50. The van der Waals surface area contributed by atoms with E-state index in [2.05, 4.69) is 26.3 Å². The quantitative estimate of drug-likeness (QED) is 0.267. The molecule has 40 heavy (non-hydrogen) atoms. The van der Waals surface area contributed by atoms with Crippen molar-refractivity contribution in [3.8, 4) is 0 Å². The number of amides is 4. The van der Waals surface area contributed by atoms with Crippen LogP contribution in [0.15, 0.2) is 18.2 Å². The number of carbonyl (C=O) groups excluding carboxylic acids is 5. The van der Waals surface area contributed by atoms with Crippen LogP contribution in [0.3, 0.4) is 0 Å². The average molecular weight is 595 g/mol. The Kier molecular flexibility index (Phi) is 10.2. The highest BCUT2D eigenvalue weighted by atomic mass is 35.5. The van der Waals surface area contributed by atoms with E-state index in [0.717, 1.165) is 6.42 Å². The number of nitrogens with one attached hydrogen (secondary N) is 5. The first-order valence-electron chi connectivity index (χ1n) is 13.4. The van der Waals surface area contributed by atoms with Crippen molar-refractivity contribution < 1.29 is 24.0 Å². The van der Waals surface area contributed by atoms with Crippen LogP contribution in [0, 0.1) is 11.8 Å². The molecule has 4 amide bonds. The van der Waals surface area contributed by atoms with Crippen molar-refractivity contribution in [3.63, 3.8) is 0 Å². The molecule has 5 N–H and O–H groups in total. The lowest BCUT2D eigenvalue weighted by molar-refractivity contribution is -0.142. The molecular formula is C28H37Cl2N5O5. The summed E-state index contributed by atoms with van der Waals surface area (Å²) in [6.45, 7) is 9.53. The van der Waals surface area contributed by atoms with Gasteiger partial charge in [0.25, 0.3) is 11.8 Å². The standard InChI is InChI=1S/C28H37Cl2N5O5/c1-14(2)9-21(34-26(39)22-13-17-18(30)11-16(29)12-19(17)32-22)25(38)33-20(10-15-7-6-8-31-24(15)37)23(36)27(40)35-28(3,4)5/h11-15,20-21,32H,6-10H2,1-5H3,(H,31,37)(H,33,38)(H,34,39)(H,35,40)/t15-,20-,21-/m0/s1. The first kappa shape index (κ1) is 31.4. The Hall–Kier alpha value is -3.11. The number of hydrogen-bond acceptors (Lipinski definition) is 5. The molecular weight excluding hydrogens is 557 g/mol. The fourth-order valence-corrected chi connectivity index (χ4v) is 5.18. The maximum Gasteiger partial charge on any atom is 0.290 e. The highest BCUT2D eigenvalue weighted by molar-refractivity contribution is 6.39. The third kappa shape index (κ3) is 8.44. The Bertz CT molecular complexity index is 1300. The maximum atomic E-state index is 13.5. The lowest BCUT2D eigenvalue weighted by atomic mass is 9.89. The molecule has 1 aliphatic rings. The molecule has 0 radical (unpaired) electrons. The Balaban J connectivity index is 1.82. The number of rotatable bonds is 10. The Morgan fingerprint density at radius 3 is 2.38 bits per heavy atom. The number of Topliss-reactive ketones (excluding diaryl/α,β-unsaturated/α-hetero) is 1. The van der Waals surface area contributed by atoms with Crippen molar-refractivity contribution in [2.75, 3.05) is 6.54 Å². The van der Waals surface area contributed by atoms with Gasteiger partial charge in [-0.15, -0.1) is 0 Å². The van der Waals surface area contributed by atoms with Gasteiger partial charge in [0, 0.05) is 33.9 Å². The van der Waals surface area contributed by atoms with Crippen LogP contribution in [-0.4, -0.2) is 58.6 Å². The molecule has 1 aromatic heterocycles. The summed E-state index contributed by atoms with van der Waals surface area (Å²) < 4.78 is 0. The highest BCUT2D eigenvalue weighted by Crippen LogP contribution is 2.28. The van der Waals surface area contributed by atoms with Crippen molar-refractivity contribution in [1.82, 2.24) is 26.3 Å². The second-order valence-corrected chi connectivity index (χ2v) is 12.5. The van der Waals surface area contributed by atoms with Crippen LogP contribution < -0.4 is 21.3 Å². The number of halogens is 2. The largest absolute Gasteiger partial charge is 0.356 e. The van der Waals surface area contributed by atoms with Crippen molar-refractivity contribution in [2.45, 2.75) is 77.9 Å². The number of hydrogen-bond donors (Lipinski definition) is 5. The zero-order chi connectivity index (χ0) is 29.8. The average Bonchev–Trinajstić information content (AvgIpc) is 3.27. The molecule has 1 aliphatic heterocycles. The summed E-state index contributed by atoms with van der Waals surface area (Å²) in [6, 6.07) is 2.51. The van der Waals surface area contributed by atoms with Crippen LogP contribution in [-0.2, 0) is 19.2 Å². The van der Waals surface area contributed by atoms with Crippen LogP contribution in [0.1, 0.15) is 70.8 Å². The van der Waals surface area contributed by atoms with E-state index in [0.29, 0.717) is 33.9 Å². The third-order valence-electron chi connectivity index (χ3n) is 6.49. The van der Waals surface area contributed by atoms with E-state index in [4.69, 9.17) is 23.2 Å². The molecule has 218 valence electrons. The van der Waals surface area contributed by atoms with Crippen LogP contribution in [0.2, 0.25) is 10.0 Å². The molecule has 1 fully saturated rings. The van der Waals surface area contributed by atoms with Crippen LogP contribution in [0.4, 0.5) is 0 Å². The molecule has 0 spiro atoms. The molecule has 3 atom stereocenters. The molecule has 0 unspecified atom stereocenters. The molecule has 0 bridgehead atoms. The number of H-pyrrole nitrogens is 1. The number of piperidine rings is 1. The predicted molar refractivity (Wildman–Crippen MR) is 154 cm³/mol. The topological polar surface area (TPSA) is 149 Å². The van der Waals surface area contributed by atoms with Gasteiger partial charge in [0.05, 0.1) is 11.1 Å². The minimum absolute atomic E-state index is 0.00878. The second kappa shape index (κ2) is 13.0. The van der Waals surface area contributed by atoms with Gasteiger partial charge in [-0.25, -0.2) is 0 Å². The Morgan fingerprint density at radius 2 is 1.75 bits per heavy atom. The molecule has 3 rings (SSSR count). The molecule has 2 aromatic rings. The van der Waals surface area contributed by atoms with Gasteiger partial charge >= 0.3 is 0 Å². The van der Waals surface area contributed by atoms with Gasteiger partial charge in [-0.05, 0) is 70.6 Å². The van der Waals surface area contributed by atoms with Crippen molar-refractivity contribution in [2.24, 2.45) is 11.8 Å². The number of aromatic nitrogens is 1. The zero-order valence-electron chi connectivity index (χ0n) is 23.4. The number of ketones is 1. The van der Waals surface area contributed by atoms with Crippen molar-refractivity contribution in [3.05, 3.63) is 33.9 Å². The van der Waals surface area contributed by atoms with Crippen LogP contribution >= 0.6 is 23.2 Å². The van der Waals surface area contributed by atoms with E-state index in [9.17, 15) is 24.0 Å². The molecule has 2 heterocycles. The van der Waals surface area contributed by atoms with E-state index in [1.165, 1.54) is 0 Å². The normalized spacial score (nSPS) is 17.2. The summed E-state index contributed by atoms with van der Waals surface area (Å²) >= 11 is 12.3. The van der Waals surface area contributed by atoms with Gasteiger partial charge in [-0.1, -0.05) is 37.0 Å². The van der Waals surface area contributed by atoms with Gasteiger partial charge < -0.3 is 26.3 Å². The molecule has 1 aromatic carbocycles. The number of carbonyl (C=O) groups is 5. The van der Waals surface area contributed by atoms with E-state index < -0.39 is 47.0 Å². The summed E-state index contributed by atoms with van der Waals surface area (Å²) in [5.41, 5.74) is 0.0651. The zero-order valence-corrected chi connectivity index (χ0v) is 24.9. The molecule has 12 heteroatoms. The number of aromatic amines is 1. The van der Waals surface area contributed by atoms with E-state index >= 15 is 0 Å². The minimum atomic E-state index is -1.25. The van der Waals surface area contributed by atoms with Gasteiger partial charge in [-0.3, -0.25) is 24.0 Å². The van der Waals surface area contributed by atoms with Gasteiger partial charge in [0.1, 0.15) is 11.7 Å². The fraction of sp³-hybridized carbons (Fsp3) is 0.536. The summed E-state index contributed by atoms with van der Waals surface area (Å²) in [6.07, 6.45) is 1.50. The summed E-state index contributed by atoms with van der Waals surface area (Å²) in [7, 11) is 0. The molecule has 0 saturated carbocycles. The first-order chi connectivity index (χ1) is 18.6. The Labute approximate surface area is 243 Å². The Morgan fingerprint density at radius 1 is 1.05 bits per heavy atom. The fourth-order valence-electron chi connectivity index (χ4n) is 4.63. The maximum absolute atomic E-state index is 13.5. The summed E-state index contributed by atoms with van der Waals surface area (Å²) in [4.78, 5) is 68.0. The van der Waals surface area contributed by atoms with Crippen LogP contribution in [0.5, 0.6) is 0 Å². The summed E-state index contributed by atoms with van der Waals surface area (Å²) in [5.74, 6) is -3.63. The van der Waals surface area contributed by atoms with E-state index in [1.807, 2.05) is 13.8 Å². The first-order valence-corrected chi connectivity index (χ1v) is 14.1. The van der Waals surface area contributed by atoms with Crippen molar-refractivity contribution >= 4 is 63.5 Å². The minimum Gasteiger partial charge on any atom is -0.356 e. The second-order valence-electron chi connectivity index (χ2n) is 11.7. The van der Waals surface area contributed by atoms with Gasteiger partial charge in [0.2, 0.25) is 17.6 Å².